The molecule has 2 N–H and O–H groups in total. The Morgan fingerprint density at radius 1 is 1.25 bits per heavy atom. The molecule has 0 bridgehead atoms. The number of hydrogen-bond donors (Lipinski definition) is 1. The molecule has 1 amide bonds. The maximum absolute atomic E-state index is 12.0. The van der Waals surface area contributed by atoms with Gasteiger partial charge in [0.2, 0.25) is 5.91 Å². The molecule has 5 nitrogen and oxygen atoms in total. The van der Waals surface area contributed by atoms with Crippen molar-refractivity contribution in [3.05, 3.63) is 0 Å². The zero-order chi connectivity index (χ0) is 14.4. The Balaban J connectivity index is 1.65. The Kier molecular flexibility index (Phi) is 6.26. The number of hydrogen-bond acceptors (Lipinski definition) is 4. The number of nitrogens with two attached hydrogens (primary N) is 1. The van der Waals surface area contributed by atoms with E-state index in [0.717, 1.165) is 64.6 Å². The number of rotatable bonds is 5. The lowest BCUT2D eigenvalue weighted by molar-refractivity contribution is -0.132. The lowest BCUT2D eigenvalue weighted by Crippen LogP contribution is -2.44. The van der Waals surface area contributed by atoms with Crippen molar-refractivity contribution in [2.45, 2.75) is 38.6 Å². The molecule has 1 unspecified atom stereocenters. The monoisotopic (exact) mass is 283 g/mol. The fourth-order valence-corrected chi connectivity index (χ4v) is 3.02. The number of nitrogens with zero attached hydrogens (tertiary/aromatic N) is 2. The maximum Gasteiger partial charge on any atom is 0.222 e. The molecule has 2 fully saturated rings. The summed E-state index contributed by atoms with van der Waals surface area (Å²) in [5, 5.41) is 0. The summed E-state index contributed by atoms with van der Waals surface area (Å²) in [5.74, 6) is 1.03. The van der Waals surface area contributed by atoms with Crippen molar-refractivity contribution in [3.63, 3.8) is 0 Å². The molecular weight excluding hydrogens is 254 g/mol. The van der Waals surface area contributed by atoms with Crippen LogP contribution in [0.4, 0.5) is 0 Å². The van der Waals surface area contributed by atoms with E-state index < -0.39 is 0 Å². The van der Waals surface area contributed by atoms with Crippen LogP contribution in [0.25, 0.3) is 0 Å². The first-order chi connectivity index (χ1) is 9.65. The van der Waals surface area contributed by atoms with E-state index in [0.29, 0.717) is 6.42 Å². The predicted molar refractivity (Wildman–Crippen MR) is 79.4 cm³/mol. The first-order valence-electron chi connectivity index (χ1n) is 7.98. The molecule has 0 spiro atoms. The Morgan fingerprint density at radius 2 is 1.90 bits per heavy atom. The zero-order valence-electron chi connectivity index (χ0n) is 12.7. The molecular formula is C15H29N3O2. The SMILES string of the molecule is CC(N)CCC(=O)N1CCC(CN2CCOCC2)CC1. The lowest BCUT2D eigenvalue weighted by atomic mass is 9.95. The number of likely N-dealkylation sites (tertiary alicyclic amines) is 1. The van der Waals surface area contributed by atoms with Gasteiger partial charge in [0.15, 0.2) is 0 Å². The fraction of sp³-hybridized carbons (Fsp3) is 0.933. The van der Waals surface area contributed by atoms with E-state index in [1.807, 2.05) is 11.8 Å². The van der Waals surface area contributed by atoms with Crippen molar-refractivity contribution < 1.29 is 9.53 Å². The molecule has 5 heteroatoms. The van der Waals surface area contributed by atoms with E-state index in [4.69, 9.17) is 10.5 Å². The van der Waals surface area contributed by atoms with Gasteiger partial charge in [0.1, 0.15) is 0 Å². The Labute approximate surface area is 122 Å². The average molecular weight is 283 g/mol. The first kappa shape index (κ1) is 15.7. The first-order valence-corrected chi connectivity index (χ1v) is 7.98. The van der Waals surface area contributed by atoms with Gasteiger partial charge in [0, 0.05) is 45.2 Å². The number of ether oxygens (including phenoxy) is 1. The third-order valence-corrected chi connectivity index (χ3v) is 4.40. The summed E-state index contributed by atoms with van der Waals surface area (Å²) in [6.07, 6.45) is 3.68. The topological polar surface area (TPSA) is 58.8 Å². The largest absolute Gasteiger partial charge is 0.379 e. The summed E-state index contributed by atoms with van der Waals surface area (Å²) in [7, 11) is 0. The summed E-state index contributed by atoms with van der Waals surface area (Å²) in [6, 6.07) is 0.123. The lowest BCUT2D eigenvalue weighted by Gasteiger charge is -2.36. The number of piperidine rings is 1. The van der Waals surface area contributed by atoms with Gasteiger partial charge in [-0.3, -0.25) is 9.69 Å². The van der Waals surface area contributed by atoms with Gasteiger partial charge in [-0.05, 0) is 32.1 Å². The minimum atomic E-state index is 0.123. The van der Waals surface area contributed by atoms with Crippen LogP contribution in [0.1, 0.15) is 32.6 Å². The summed E-state index contributed by atoms with van der Waals surface area (Å²) >= 11 is 0. The minimum Gasteiger partial charge on any atom is -0.379 e. The molecule has 20 heavy (non-hydrogen) atoms. The molecule has 0 radical (unpaired) electrons. The van der Waals surface area contributed by atoms with E-state index in [9.17, 15) is 4.79 Å². The van der Waals surface area contributed by atoms with Crippen LogP contribution in [0, 0.1) is 5.92 Å². The average Bonchev–Trinajstić information content (AvgIpc) is 2.46. The Hall–Kier alpha value is -0.650. The van der Waals surface area contributed by atoms with Crippen LogP contribution in [0.2, 0.25) is 0 Å². The molecule has 2 heterocycles. The summed E-state index contributed by atoms with van der Waals surface area (Å²) < 4.78 is 5.38. The van der Waals surface area contributed by atoms with Crippen LogP contribution >= 0.6 is 0 Å². The molecule has 0 aromatic rings. The highest BCUT2D eigenvalue weighted by Gasteiger charge is 2.24. The molecule has 0 aromatic heterocycles. The quantitative estimate of drug-likeness (QED) is 0.806. The van der Waals surface area contributed by atoms with Gasteiger partial charge in [0.05, 0.1) is 13.2 Å². The fourth-order valence-electron chi connectivity index (χ4n) is 3.02. The van der Waals surface area contributed by atoms with Crippen molar-refractivity contribution >= 4 is 5.91 Å². The molecule has 1 atom stereocenters. The molecule has 2 saturated heterocycles. The van der Waals surface area contributed by atoms with Crippen molar-refractivity contribution in [3.8, 4) is 0 Å². The third kappa shape index (κ3) is 5.04. The van der Waals surface area contributed by atoms with E-state index in [-0.39, 0.29) is 11.9 Å². The minimum absolute atomic E-state index is 0.123. The van der Waals surface area contributed by atoms with Gasteiger partial charge in [-0.1, -0.05) is 0 Å². The van der Waals surface area contributed by atoms with Crippen molar-refractivity contribution in [1.29, 1.82) is 0 Å². The Bertz CT molecular complexity index is 295. The van der Waals surface area contributed by atoms with Crippen molar-refractivity contribution in [2.24, 2.45) is 11.7 Å². The molecule has 0 saturated carbocycles. The van der Waals surface area contributed by atoms with Crippen LogP contribution in [-0.4, -0.2) is 67.7 Å². The van der Waals surface area contributed by atoms with E-state index in [1.54, 1.807) is 0 Å². The smallest absolute Gasteiger partial charge is 0.222 e. The highest BCUT2D eigenvalue weighted by molar-refractivity contribution is 5.76. The third-order valence-electron chi connectivity index (χ3n) is 4.40. The highest BCUT2D eigenvalue weighted by atomic mass is 16.5. The highest BCUT2D eigenvalue weighted by Crippen LogP contribution is 2.19. The zero-order valence-corrected chi connectivity index (χ0v) is 12.7. The second kappa shape index (κ2) is 7.96. The number of amides is 1. The number of carbonyl (C=O) groups is 1. The van der Waals surface area contributed by atoms with E-state index in [1.165, 1.54) is 6.54 Å². The molecule has 0 aliphatic carbocycles. The second-order valence-corrected chi connectivity index (χ2v) is 6.25. The van der Waals surface area contributed by atoms with Gasteiger partial charge in [-0.15, -0.1) is 0 Å². The van der Waals surface area contributed by atoms with Gasteiger partial charge in [-0.2, -0.15) is 0 Å². The van der Waals surface area contributed by atoms with Crippen molar-refractivity contribution in [1.82, 2.24) is 9.80 Å². The number of carbonyl (C=O) groups excluding carboxylic acids is 1. The van der Waals surface area contributed by atoms with E-state index in [2.05, 4.69) is 4.90 Å². The van der Waals surface area contributed by atoms with Gasteiger partial charge < -0.3 is 15.4 Å². The summed E-state index contributed by atoms with van der Waals surface area (Å²) in [4.78, 5) is 16.6. The van der Waals surface area contributed by atoms with E-state index >= 15 is 0 Å². The molecule has 2 rings (SSSR count). The van der Waals surface area contributed by atoms with Crippen LogP contribution < -0.4 is 5.73 Å². The van der Waals surface area contributed by atoms with Crippen LogP contribution in [0.5, 0.6) is 0 Å². The Morgan fingerprint density at radius 3 is 2.50 bits per heavy atom. The van der Waals surface area contributed by atoms with Crippen LogP contribution in [0.15, 0.2) is 0 Å². The molecule has 116 valence electrons. The van der Waals surface area contributed by atoms with Crippen LogP contribution in [0.3, 0.4) is 0 Å². The molecule has 0 aromatic carbocycles. The molecule has 2 aliphatic rings. The van der Waals surface area contributed by atoms with Crippen LogP contribution in [-0.2, 0) is 9.53 Å². The maximum atomic E-state index is 12.0. The standard InChI is InChI=1S/C15H29N3O2/c1-13(16)2-3-15(19)18-6-4-14(5-7-18)12-17-8-10-20-11-9-17/h13-14H,2-12,16H2,1H3. The summed E-state index contributed by atoms with van der Waals surface area (Å²) in [6.45, 7) is 8.84. The molecule has 2 aliphatic heterocycles. The van der Waals surface area contributed by atoms with Gasteiger partial charge in [-0.25, -0.2) is 0 Å². The predicted octanol–water partition coefficient (Wildman–Crippen LogP) is 0.685. The summed E-state index contributed by atoms with van der Waals surface area (Å²) in [5.41, 5.74) is 5.71. The normalized spacial score (nSPS) is 23.8. The number of morpholine rings is 1. The van der Waals surface area contributed by atoms with Crippen molar-refractivity contribution in [2.75, 3.05) is 45.9 Å². The van der Waals surface area contributed by atoms with Gasteiger partial charge >= 0.3 is 0 Å². The van der Waals surface area contributed by atoms with Gasteiger partial charge in [0.25, 0.3) is 0 Å². The second-order valence-electron chi connectivity index (χ2n) is 6.25.